The van der Waals surface area contributed by atoms with Gasteiger partial charge in [-0.1, -0.05) is 0 Å². The van der Waals surface area contributed by atoms with Crippen LogP contribution >= 0.6 is 0 Å². The van der Waals surface area contributed by atoms with Crippen molar-refractivity contribution >= 4 is 0 Å². The smallest absolute Gasteiger partial charge is 0.183 e. The summed E-state index contributed by atoms with van der Waals surface area (Å²) in [4.78, 5) is 0. The molecule has 0 spiro atoms. The highest BCUT2D eigenvalue weighted by Crippen LogP contribution is 2.11. The van der Waals surface area contributed by atoms with Crippen molar-refractivity contribution in [2.24, 2.45) is 0 Å². The van der Waals surface area contributed by atoms with Crippen molar-refractivity contribution in [1.82, 2.24) is 0 Å². The van der Waals surface area contributed by atoms with Crippen LogP contribution in [0.4, 0.5) is 0 Å². The average Bonchev–Trinajstić information content (AvgIpc) is 4.06. The molecule has 0 radical (unpaired) electrons. The van der Waals surface area contributed by atoms with Crippen molar-refractivity contribution in [3.63, 3.8) is 0 Å². The highest BCUT2D eigenvalue weighted by Gasteiger charge is 2.25. The van der Waals surface area contributed by atoms with E-state index < -0.39 is 0 Å². The van der Waals surface area contributed by atoms with Gasteiger partial charge in [-0.3, -0.25) is 0 Å². The first-order chi connectivity index (χ1) is 28.5. The van der Waals surface area contributed by atoms with E-state index in [9.17, 15) is 0 Å². The van der Waals surface area contributed by atoms with E-state index in [4.69, 9.17) is 75.8 Å². The van der Waals surface area contributed by atoms with Crippen molar-refractivity contribution in [3.05, 3.63) is 0 Å². The molecule has 0 aromatic rings. The van der Waals surface area contributed by atoms with Crippen LogP contribution in [0.15, 0.2) is 0 Å². The summed E-state index contributed by atoms with van der Waals surface area (Å²) in [6.07, 6.45) is 1.77. The largest absolute Gasteiger partial charge is 0.382 e. The van der Waals surface area contributed by atoms with Gasteiger partial charge in [0.25, 0.3) is 0 Å². The third-order valence-corrected chi connectivity index (χ3v) is 6.52. The maximum Gasteiger partial charge on any atom is 0.183 e. The van der Waals surface area contributed by atoms with Crippen molar-refractivity contribution in [1.29, 1.82) is 0 Å². The Bertz CT molecular complexity index is 763. The van der Waals surface area contributed by atoms with Crippen LogP contribution in [0, 0.1) is 0 Å². The zero-order valence-corrected chi connectivity index (χ0v) is 35.7. The van der Waals surface area contributed by atoms with Crippen LogP contribution in [0.3, 0.4) is 0 Å². The summed E-state index contributed by atoms with van der Waals surface area (Å²) in [6, 6.07) is 0. The molecule has 0 aromatic heterocycles. The fraction of sp³-hybridized carbons (Fsp3) is 1.00. The van der Waals surface area contributed by atoms with Crippen LogP contribution < -0.4 is 0 Å². The predicted octanol–water partition coefficient (Wildman–Crippen LogP) is 0.0124. The van der Waals surface area contributed by atoms with Crippen LogP contribution in [-0.4, -0.2) is 239 Å². The van der Waals surface area contributed by atoms with Gasteiger partial charge in [-0.05, 0) is 0 Å². The van der Waals surface area contributed by atoms with Crippen molar-refractivity contribution in [3.8, 4) is 0 Å². The van der Waals surface area contributed by atoms with E-state index in [-0.39, 0.29) is 25.2 Å². The first kappa shape index (κ1) is 55.1. The lowest BCUT2D eigenvalue weighted by Gasteiger charge is -1.98. The quantitative estimate of drug-likeness (QED) is 0.0634. The highest BCUT2D eigenvalue weighted by atomic mass is 16.8. The molecule has 8 saturated heterocycles. The number of methoxy groups -OCH3 is 8. The van der Waals surface area contributed by atoms with Gasteiger partial charge in [0.2, 0.25) is 0 Å². The van der Waals surface area contributed by atoms with E-state index in [1.807, 2.05) is 0 Å². The number of epoxide rings is 8. The maximum atomic E-state index is 5.15. The van der Waals surface area contributed by atoms with Gasteiger partial charge in [-0.15, -0.1) is 0 Å². The molecule has 8 heterocycles. The van der Waals surface area contributed by atoms with Gasteiger partial charge in [0.05, 0.1) is 79.3 Å². The third kappa shape index (κ3) is 49.5. The van der Waals surface area contributed by atoms with Gasteiger partial charge < -0.3 is 104 Å². The van der Waals surface area contributed by atoms with Gasteiger partial charge in [0.1, 0.15) is 78.0 Å². The molecule has 0 aliphatic carbocycles. The molecule has 8 atom stereocenters. The van der Waals surface area contributed by atoms with Crippen molar-refractivity contribution in [2.75, 3.05) is 190 Å². The highest BCUT2D eigenvalue weighted by molar-refractivity contribution is 4.68. The van der Waals surface area contributed by atoms with Crippen molar-refractivity contribution < 1.29 is 104 Å². The molecule has 58 heavy (non-hydrogen) atoms. The fourth-order valence-electron chi connectivity index (χ4n) is 2.86. The minimum absolute atomic E-state index is 0.0277. The summed E-state index contributed by atoms with van der Waals surface area (Å²) in [6.45, 7) is 13.4. The SMILES string of the molecule is COC1CO1.COCC1CO1.COCCOC1CO1.COCCOCC1CO1.COCOC1CO1.COCOC1CO1.COCOCC1CO1.COCOCC1CO1. The summed E-state index contributed by atoms with van der Waals surface area (Å²) in [7, 11) is 13.0. The van der Waals surface area contributed by atoms with Gasteiger partial charge >= 0.3 is 0 Å². The summed E-state index contributed by atoms with van der Waals surface area (Å²) in [5.74, 6) is 0. The molecule has 0 bridgehead atoms. The monoisotopic (exact) mass is 856 g/mol. The first-order valence-corrected chi connectivity index (χ1v) is 18.9. The van der Waals surface area contributed by atoms with Crippen LogP contribution in [-0.2, 0) is 104 Å². The van der Waals surface area contributed by atoms with Gasteiger partial charge in [-0.25, -0.2) is 0 Å². The molecule has 22 heteroatoms. The Morgan fingerprint density at radius 3 is 0.931 bits per heavy atom. The second-order valence-electron chi connectivity index (χ2n) is 12.2. The van der Waals surface area contributed by atoms with E-state index in [0.29, 0.717) is 91.2 Å². The fourth-order valence-corrected chi connectivity index (χ4v) is 2.86. The molecule has 0 amide bonds. The predicted molar refractivity (Wildman–Crippen MR) is 199 cm³/mol. The van der Waals surface area contributed by atoms with Crippen LogP contribution in [0.1, 0.15) is 0 Å². The van der Waals surface area contributed by atoms with Crippen molar-refractivity contribution in [2.45, 2.75) is 49.6 Å². The summed E-state index contributed by atoms with van der Waals surface area (Å²) in [5.41, 5.74) is 0. The summed E-state index contributed by atoms with van der Waals surface area (Å²) < 4.78 is 106. The van der Waals surface area contributed by atoms with Crippen LogP contribution in [0.2, 0.25) is 0 Å². The van der Waals surface area contributed by atoms with Crippen LogP contribution in [0.25, 0.3) is 0 Å². The first-order valence-electron chi connectivity index (χ1n) is 18.9. The zero-order valence-electron chi connectivity index (χ0n) is 35.7. The Morgan fingerprint density at radius 1 is 0.310 bits per heavy atom. The Morgan fingerprint density at radius 2 is 0.655 bits per heavy atom. The standard InChI is InChI=1S/C6H12O3.3C5H10O3.2C4H8O3.C4H8O2.C3H6O2/c1-7-2-3-8-4-6-5-9-6;2*1-6-4-7-2-5-3-8-5;1-6-2-3-7-5-4-8-5;2*1-5-3-7-4-2-6-4;1-5-2-4-3-6-4;1-4-3-2-5-3/h6H,2-5H2,1H3;3*5H,2-4H2,1H3;2*4H,2-3H2,1H3;4H,2-3H2,1H3;3H,2H2,1H3. The Kier molecular flexibility index (Phi) is 38.2. The lowest BCUT2D eigenvalue weighted by Crippen LogP contribution is -2.06. The van der Waals surface area contributed by atoms with Gasteiger partial charge in [0, 0.05) is 56.9 Å². The molecule has 8 aliphatic rings. The number of hydrogen-bond acceptors (Lipinski definition) is 22. The molecular formula is C36H72O22. The van der Waals surface area contributed by atoms with E-state index in [0.717, 1.165) is 66.1 Å². The van der Waals surface area contributed by atoms with E-state index in [1.165, 1.54) is 0 Å². The van der Waals surface area contributed by atoms with E-state index in [1.54, 1.807) is 56.9 Å². The van der Waals surface area contributed by atoms with Gasteiger partial charge in [0.15, 0.2) is 25.2 Å². The third-order valence-electron chi connectivity index (χ3n) is 6.52. The molecule has 0 aromatic carbocycles. The van der Waals surface area contributed by atoms with Gasteiger partial charge in [-0.2, -0.15) is 0 Å². The molecule has 8 fully saturated rings. The maximum absolute atomic E-state index is 5.15. The molecule has 0 saturated carbocycles. The second kappa shape index (κ2) is 40.2. The minimum atomic E-state index is 0.0277. The van der Waals surface area contributed by atoms with E-state index >= 15 is 0 Å². The minimum Gasteiger partial charge on any atom is -0.382 e. The lowest BCUT2D eigenvalue weighted by molar-refractivity contribution is -0.0691. The Labute approximate surface area is 343 Å². The molecule has 0 N–H and O–H groups in total. The molecule has 8 aliphatic heterocycles. The second-order valence-corrected chi connectivity index (χ2v) is 12.2. The number of hydrogen-bond donors (Lipinski definition) is 0. The normalized spacial score (nSPS) is 27.3. The summed E-state index contributed by atoms with van der Waals surface area (Å²) >= 11 is 0. The Hall–Kier alpha value is -0.880. The Balaban J connectivity index is 0.000000333. The number of rotatable bonds is 26. The number of ether oxygens (including phenoxy) is 22. The topological polar surface area (TPSA) is 229 Å². The zero-order chi connectivity index (χ0) is 42.3. The molecule has 348 valence electrons. The molecule has 8 rings (SSSR count). The molecule has 8 unspecified atom stereocenters. The lowest BCUT2D eigenvalue weighted by atomic mass is 10.5. The average molecular weight is 857 g/mol. The molecule has 22 nitrogen and oxygen atoms in total. The molecular weight excluding hydrogens is 784 g/mol. The summed E-state index contributed by atoms with van der Waals surface area (Å²) in [5, 5.41) is 0. The van der Waals surface area contributed by atoms with E-state index in [2.05, 4.69) is 28.4 Å². The van der Waals surface area contributed by atoms with Crippen LogP contribution in [0.5, 0.6) is 0 Å².